The van der Waals surface area contributed by atoms with Crippen molar-refractivity contribution >= 4 is 29.2 Å². The molecule has 0 bridgehead atoms. The van der Waals surface area contributed by atoms with Crippen molar-refractivity contribution in [1.82, 2.24) is 9.78 Å². The fourth-order valence-electron chi connectivity index (χ4n) is 0.836. The Morgan fingerprint density at radius 2 is 2.07 bits per heavy atom. The van der Waals surface area contributed by atoms with Crippen LogP contribution in [-0.2, 0) is 4.79 Å². The van der Waals surface area contributed by atoms with Crippen molar-refractivity contribution in [3.63, 3.8) is 0 Å². The molecule has 15 heavy (non-hydrogen) atoms. The van der Waals surface area contributed by atoms with Gasteiger partial charge in [-0.2, -0.15) is 4.39 Å². The second-order valence-corrected chi connectivity index (χ2v) is 3.44. The monoisotopic (exact) mass is 254 g/mol. The van der Waals surface area contributed by atoms with E-state index in [-0.39, 0.29) is 0 Å². The van der Waals surface area contributed by atoms with E-state index < -0.39 is 33.6 Å². The van der Waals surface area contributed by atoms with Crippen LogP contribution in [0.3, 0.4) is 0 Å². The molecule has 1 aromatic heterocycles. The summed E-state index contributed by atoms with van der Waals surface area (Å²) >= 11 is 10.7. The van der Waals surface area contributed by atoms with Crippen LogP contribution in [0.1, 0.15) is 13.0 Å². The number of hydrogen-bond donors (Lipinski definition) is 1. The maximum atomic E-state index is 13.0. The fourth-order valence-corrected chi connectivity index (χ4v) is 1.12. The second kappa shape index (κ2) is 4.16. The Hall–Kier alpha value is -1.14. The van der Waals surface area contributed by atoms with E-state index in [2.05, 4.69) is 5.10 Å². The molecule has 5 nitrogen and oxygen atoms in total. The normalized spacial score (nSPS) is 12.5. The molecule has 0 saturated carbocycles. The predicted molar refractivity (Wildman–Crippen MR) is 50.8 cm³/mol. The molecule has 0 aliphatic heterocycles. The summed E-state index contributed by atoms with van der Waals surface area (Å²) in [5.41, 5.74) is -0.946. The van der Waals surface area contributed by atoms with E-state index in [0.29, 0.717) is 4.68 Å². The van der Waals surface area contributed by atoms with Gasteiger partial charge < -0.3 is 5.11 Å². The van der Waals surface area contributed by atoms with Crippen LogP contribution in [0.2, 0.25) is 10.0 Å². The number of hydrogen-bond acceptors (Lipinski definition) is 3. The molecule has 0 aliphatic rings. The second-order valence-electron chi connectivity index (χ2n) is 2.68. The van der Waals surface area contributed by atoms with E-state index in [0.717, 1.165) is 0 Å². The third kappa shape index (κ3) is 2.10. The van der Waals surface area contributed by atoms with E-state index in [1.165, 1.54) is 6.92 Å². The first-order chi connectivity index (χ1) is 6.86. The quantitative estimate of drug-likeness (QED) is 0.865. The highest BCUT2D eigenvalue weighted by Gasteiger charge is 2.21. The van der Waals surface area contributed by atoms with E-state index in [9.17, 15) is 14.0 Å². The van der Waals surface area contributed by atoms with Gasteiger partial charge in [0.1, 0.15) is 10.0 Å². The molecule has 1 unspecified atom stereocenters. The molecule has 1 N–H and O–H groups in total. The molecule has 1 aromatic rings. The van der Waals surface area contributed by atoms with Crippen LogP contribution in [0.25, 0.3) is 0 Å². The Morgan fingerprint density at radius 3 is 2.53 bits per heavy atom. The Morgan fingerprint density at radius 1 is 1.53 bits per heavy atom. The largest absolute Gasteiger partial charge is 0.480 e. The van der Waals surface area contributed by atoms with Gasteiger partial charge in [-0.3, -0.25) is 4.79 Å². The number of carbonyl (C=O) groups is 1. The van der Waals surface area contributed by atoms with Crippen LogP contribution in [0.4, 0.5) is 4.39 Å². The summed E-state index contributed by atoms with van der Waals surface area (Å²) in [6.07, 6.45) is 0. The first kappa shape index (κ1) is 11.9. The van der Waals surface area contributed by atoms with Crippen molar-refractivity contribution in [1.29, 1.82) is 0 Å². The van der Waals surface area contributed by atoms with Crippen LogP contribution >= 0.6 is 23.2 Å². The minimum absolute atomic E-state index is 0.422. The molecule has 1 atom stereocenters. The Bertz CT molecular complexity index is 474. The van der Waals surface area contributed by atoms with Crippen LogP contribution < -0.4 is 5.56 Å². The molecule has 0 radical (unpaired) electrons. The Balaban J connectivity index is 3.46. The number of carboxylic acid groups (broad SMARTS) is 1. The zero-order valence-electron chi connectivity index (χ0n) is 7.37. The van der Waals surface area contributed by atoms with Gasteiger partial charge in [-0.05, 0) is 6.92 Å². The standard InChI is InChI=1S/C7H5Cl2FN2O3/c1-2(7(14)15)12-6(13)4(9)3(8)5(10)11-12/h2H,1H3,(H,14,15). The van der Waals surface area contributed by atoms with Crippen LogP contribution in [-0.4, -0.2) is 20.9 Å². The van der Waals surface area contributed by atoms with Crippen molar-refractivity contribution < 1.29 is 14.3 Å². The first-order valence-electron chi connectivity index (χ1n) is 3.72. The minimum atomic E-state index is -1.33. The molecular formula is C7H5Cl2FN2O3. The lowest BCUT2D eigenvalue weighted by Crippen LogP contribution is -2.31. The van der Waals surface area contributed by atoms with Crippen molar-refractivity contribution in [2.45, 2.75) is 13.0 Å². The lowest BCUT2D eigenvalue weighted by molar-refractivity contribution is -0.140. The molecule has 82 valence electrons. The number of nitrogens with zero attached hydrogens (tertiary/aromatic N) is 2. The molecule has 0 spiro atoms. The van der Waals surface area contributed by atoms with Crippen molar-refractivity contribution in [3.05, 3.63) is 26.3 Å². The number of carboxylic acids is 1. The lowest BCUT2D eigenvalue weighted by atomic mass is 10.3. The number of aromatic nitrogens is 2. The molecule has 0 amide bonds. The van der Waals surface area contributed by atoms with Crippen LogP contribution in [0.15, 0.2) is 4.79 Å². The third-order valence-electron chi connectivity index (χ3n) is 1.69. The zero-order valence-corrected chi connectivity index (χ0v) is 8.88. The molecule has 8 heteroatoms. The molecule has 0 aromatic carbocycles. The van der Waals surface area contributed by atoms with Gasteiger partial charge in [-0.15, -0.1) is 5.10 Å². The molecule has 0 saturated heterocycles. The maximum Gasteiger partial charge on any atom is 0.328 e. The highest BCUT2D eigenvalue weighted by Crippen LogP contribution is 2.19. The summed E-state index contributed by atoms with van der Waals surface area (Å²) in [5.74, 6) is -2.52. The average Bonchev–Trinajstić information content (AvgIpc) is 2.19. The maximum absolute atomic E-state index is 13.0. The fraction of sp³-hybridized carbons (Fsp3) is 0.286. The summed E-state index contributed by atoms with van der Waals surface area (Å²) in [6, 6.07) is -1.32. The minimum Gasteiger partial charge on any atom is -0.480 e. The summed E-state index contributed by atoms with van der Waals surface area (Å²) in [6.45, 7) is 1.17. The van der Waals surface area contributed by atoms with Gasteiger partial charge in [0, 0.05) is 0 Å². The Labute approximate surface area is 93.0 Å². The number of rotatable bonds is 2. The van der Waals surface area contributed by atoms with E-state index in [4.69, 9.17) is 28.3 Å². The summed E-state index contributed by atoms with van der Waals surface area (Å²) < 4.78 is 13.4. The highest BCUT2D eigenvalue weighted by atomic mass is 35.5. The lowest BCUT2D eigenvalue weighted by Gasteiger charge is -2.09. The van der Waals surface area contributed by atoms with Gasteiger partial charge in [0.2, 0.25) is 0 Å². The number of aliphatic carboxylic acids is 1. The zero-order chi connectivity index (χ0) is 11.7. The first-order valence-corrected chi connectivity index (χ1v) is 4.48. The van der Waals surface area contributed by atoms with Gasteiger partial charge in [-0.1, -0.05) is 23.2 Å². The SMILES string of the molecule is CC(C(=O)O)n1nc(F)c(Cl)c(Cl)c1=O. The molecule has 0 fully saturated rings. The molecule has 1 heterocycles. The molecule has 0 aliphatic carbocycles. The van der Waals surface area contributed by atoms with E-state index in [1.54, 1.807) is 0 Å². The van der Waals surface area contributed by atoms with E-state index >= 15 is 0 Å². The molecule has 1 rings (SSSR count). The Kier molecular flexibility index (Phi) is 3.31. The summed E-state index contributed by atoms with van der Waals surface area (Å²) in [4.78, 5) is 21.9. The summed E-state index contributed by atoms with van der Waals surface area (Å²) in [7, 11) is 0. The van der Waals surface area contributed by atoms with Crippen molar-refractivity contribution in [2.24, 2.45) is 0 Å². The molecular weight excluding hydrogens is 250 g/mol. The predicted octanol–water partition coefficient (Wildman–Crippen LogP) is 1.33. The third-order valence-corrected chi connectivity index (χ3v) is 2.48. The van der Waals surface area contributed by atoms with Gasteiger partial charge in [-0.25, -0.2) is 9.48 Å². The van der Waals surface area contributed by atoms with E-state index in [1.807, 2.05) is 0 Å². The highest BCUT2D eigenvalue weighted by molar-refractivity contribution is 6.41. The van der Waals surface area contributed by atoms with Gasteiger partial charge in [0.05, 0.1) is 0 Å². The van der Waals surface area contributed by atoms with Gasteiger partial charge in [0.25, 0.3) is 11.5 Å². The van der Waals surface area contributed by atoms with Gasteiger partial charge in [0.15, 0.2) is 6.04 Å². The van der Waals surface area contributed by atoms with Crippen molar-refractivity contribution in [2.75, 3.05) is 0 Å². The van der Waals surface area contributed by atoms with Crippen LogP contribution in [0, 0.1) is 5.95 Å². The summed E-state index contributed by atoms with van der Waals surface area (Å²) in [5, 5.41) is 10.5. The smallest absolute Gasteiger partial charge is 0.328 e. The average molecular weight is 255 g/mol. The number of halogens is 3. The van der Waals surface area contributed by atoms with Gasteiger partial charge >= 0.3 is 5.97 Å². The topological polar surface area (TPSA) is 72.2 Å². The van der Waals surface area contributed by atoms with Crippen molar-refractivity contribution in [3.8, 4) is 0 Å². The van der Waals surface area contributed by atoms with Crippen LogP contribution in [0.5, 0.6) is 0 Å².